The van der Waals surface area contributed by atoms with Gasteiger partial charge in [0.15, 0.2) is 0 Å². The fraction of sp³-hybridized carbons (Fsp3) is 1.00. The number of hydrogen-bond acceptors (Lipinski definition) is 3. The molecule has 0 aromatic heterocycles. The molecule has 0 aliphatic rings. The minimum atomic E-state index is 0.482. The average molecular weight is 235 g/mol. The Hall–Kier alpha value is 1.04. The van der Waals surface area contributed by atoms with Crippen molar-refractivity contribution in [2.45, 2.75) is 0 Å². The van der Waals surface area contributed by atoms with Crippen LogP contribution in [0.25, 0.3) is 0 Å². The maximum atomic E-state index is 4.88. The molecule has 3 nitrogen and oxygen atoms in total. The van der Waals surface area contributed by atoms with Crippen LogP contribution in [0.2, 0.25) is 0 Å². The molecule has 0 saturated heterocycles. The second-order valence-corrected chi connectivity index (χ2v) is 2.56. The van der Waals surface area contributed by atoms with Crippen LogP contribution in [0.3, 0.4) is 0 Å². The van der Waals surface area contributed by atoms with Crippen LogP contribution >= 0.6 is 28.5 Å². The summed E-state index contributed by atoms with van der Waals surface area (Å²) in [5.74, 6) is 4.69. The van der Waals surface area contributed by atoms with Crippen LogP contribution in [0.15, 0.2) is 0 Å². The first-order chi connectivity index (χ1) is 3.41. The Morgan fingerprint density at radius 1 is 1.57 bits per heavy atom. The third kappa shape index (κ3) is 7.04. The van der Waals surface area contributed by atoms with E-state index in [1.54, 1.807) is 0 Å². The molecule has 2 N–H and O–H groups in total. The summed E-state index contributed by atoms with van der Waals surface area (Å²) in [5.41, 5.74) is 0. The largest absolute Gasteiger partial charge is 0.349 e. The molecule has 0 aliphatic heterocycles. The Morgan fingerprint density at radius 2 is 2.29 bits per heavy atom. The molecule has 0 amide bonds. The lowest BCUT2D eigenvalue weighted by atomic mass is 10.8. The van der Waals surface area contributed by atoms with Gasteiger partial charge < -0.3 is 9.36 Å². The van der Waals surface area contributed by atoms with E-state index in [4.69, 9.17) is 4.52 Å². The van der Waals surface area contributed by atoms with Crippen LogP contribution in [0.1, 0.15) is 0 Å². The SMILES string of the molecule is NOCCOPI. The molecule has 1 unspecified atom stereocenters. The van der Waals surface area contributed by atoms with E-state index in [0.717, 1.165) is 0 Å². The molecule has 0 rings (SSSR count). The highest BCUT2D eigenvalue weighted by atomic mass is 127. The smallest absolute Gasteiger partial charge is 0.0916 e. The number of rotatable bonds is 4. The summed E-state index contributed by atoms with van der Waals surface area (Å²) in [7, 11) is 0. The van der Waals surface area contributed by atoms with Gasteiger partial charge in [-0.05, 0) is 22.0 Å². The molecule has 0 radical (unpaired) electrons. The van der Waals surface area contributed by atoms with Gasteiger partial charge in [0.2, 0.25) is 0 Å². The van der Waals surface area contributed by atoms with Crippen molar-refractivity contribution in [3.8, 4) is 0 Å². The summed E-state index contributed by atoms with van der Waals surface area (Å²) in [5, 5.41) is 0. The first-order valence-corrected chi connectivity index (χ1v) is 5.73. The third-order valence-corrected chi connectivity index (χ3v) is 1.61. The van der Waals surface area contributed by atoms with Crippen LogP contribution in [0.5, 0.6) is 0 Å². The van der Waals surface area contributed by atoms with E-state index in [1.165, 1.54) is 0 Å². The van der Waals surface area contributed by atoms with Crippen molar-refractivity contribution < 1.29 is 9.36 Å². The summed E-state index contributed by atoms with van der Waals surface area (Å²) >= 11 is 2.14. The normalized spacial score (nSPS) is 11.1. The van der Waals surface area contributed by atoms with Crippen LogP contribution in [-0.2, 0) is 9.36 Å². The highest BCUT2D eigenvalue weighted by Gasteiger charge is 1.79. The molecular weight excluding hydrogens is 228 g/mol. The van der Waals surface area contributed by atoms with E-state index < -0.39 is 0 Å². The summed E-state index contributed by atoms with van der Waals surface area (Å²) in [6.07, 6.45) is 0. The van der Waals surface area contributed by atoms with Gasteiger partial charge in [0.1, 0.15) is 0 Å². The van der Waals surface area contributed by atoms with Gasteiger partial charge >= 0.3 is 0 Å². The van der Waals surface area contributed by atoms with Crippen molar-refractivity contribution in [1.29, 1.82) is 0 Å². The maximum absolute atomic E-state index is 4.88. The van der Waals surface area contributed by atoms with Gasteiger partial charge in [0.05, 0.1) is 19.7 Å². The minimum Gasteiger partial charge on any atom is -0.349 e. The zero-order valence-corrected chi connectivity index (χ0v) is 6.84. The van der Waals surface area contributed by atoms with Crippen molar-refractivity contribution in [2.24, 2.45) is 5.90 Å². The fourth-order valence-corrected chi connectivity index (χ4v) is 0.949. The van der Waals surface area contributed by atoms with Crippen molar-refractivity contribution in [1.82, 2.24) is 0 Å². The predicted octanol–water partition coefficient (Wildman–Crippen LogP) is 0.837. The van der Waals surface area contributed by atoms with E-state index in [2.05, 4.69) is 32.8 Å². The van der Waals surface area contributed by atoms with Crippen LogP contribution < -0.4 is 5.90 Å². The second-order valence-electron chi connectivity index (χ2n) is 0.796. The Labute approximate surface area is 57.2 Å². The topological polar surface area (TPSA) is 44.5 Å². The van der Waals surface area contributed by atoms with Gasteiger partial charge in [-0.2, -0.15) is 0 Å². The summed E-state index contributed by atoms with van der Waals surface area (Å²) in [4.78, 5) is 4.22. The summed E-state index contributed by atoms with van der Waals surface area (Å²) in [6, 6.07) is 0. The molecule has 0 saturated carbocycles. The van der Waals surface area contributed by atoms with E-state index in [-0.39, 0.29) is 0 Å². The highest BCUT2D eigenvalue weighted by molar-refractivity contribution is 14.2. The quantitative estimate of drug-likeness (QED) is 0.340. The first kappa shape index (κ1) is 8.04. The standard InChI is InChI=1S/C2H7INO2P/c3-7-6-2-1-5-4/h7H,1-2,4H2. The van der Waals surface area contributed by atoms with Gasteiger partial charge in [0.25, 0.3) is 0 Å². The van der Waals surface area contributed by atoms with Crippen molar-refractivity contribution in [3.63, 3.8) is 0 Å². The summed E-state index contributed by atoms with van der Waals surface area (Å²) in [6.45, 7) is 1.58. The molecule has 0 aromatic carbocycles. The molecule has 0 bridgehead atoms. The van der Waals surface area contributed by atoms with Gasteiger partial charge in [-0.1, -0.05) is 0 Å². The zero-order chi connectivity index (χ0) is 5.54. The van der Waals surface area contributed by atoms with Gasteiger partial charge in [-0.3, -0.25) is 0 Å². The molecule has 5 heteroatoms. The van der Waals surface area contributed by atoms with E-state index in [1.807, 2.05) is 0 Å². The maximum Gasteiger partial charge on any atom is 0.0916 e. The third-order valence-electron chi connectivity index (χ3n) is 0.358. The molecule has 44 valence electrons. The lowest BCUT2D eigenvalue weighted by Gasteiger charge is -1.94. The van der Waals surface area contributed by atoms with Crippen molar-refractivity contribution in [3.05, 3.63) is 0 Å². The van der Waals surface area contributed by atoms with Gasteiger partial charge in [0, 0.05) is 0 Å². The number of nitrogens with two attached hydrogens (primary N) is 1. The van der Waals surface area contributed by atoms with Gasteiger partial charge in [-0.15, -0.1) is 0 Å². The molecule has 0 aliphatic carbocycles. The average Bonchev–Trinajstić information content (AvgIpc) is 1.69. The van der Waals surface area contributed by atoms with E-state index in [9.17, 15) is 0 Å². The Bertz CT molecular complexity index is 34.9. The molecule has 0 aromatic rings. The Balaban J connectivity index is 2.45. The fourth-order valence-electron chi connectivity index (χ4n) is 0.128. The van der Waals surface area contributed by atoms with E-state index in [0.29, 0.717) is 19.7 Å². The lowest BCUT2D eigenvalue weighted by Crippen LogP contribution is -2.04. The summed E-state index contributed by atoms with van der Waals surface area (Å²) < 4.78 is 4.88. The lowest BCUT2D eigenvalue weighted by molar-refractivity contribution is 0.108. The van der Waals surface area contributed by atoms with Crippen LogP contribution in [-0.4, -0.2) is 13.2 Å². The van der Waals surface area contributed by atoms with Crippen LogP contribution in [0, 0.1) is 0 Å². The molecule has 0 heterocycles. The Morgan fingerprint density at radius 3 is 2.71 bits per heavy atom. The number of halogens is 1. The van der Waals surface area contributed by atoms with Crippen molar-refractivity contribution >= 4 is 28.5 Å². The second kappa shape index (κ2) is 7.04. The highest BCUT2D eigenvalue weighted by Crippen LogP contribution is 2.20. The molecule has 7 heavy (non-hydrogen) atoms. The molecular formula is C2H7INO2P. The van der Waals surface area contributed by atoms with Crippen molar-refractivity contribution in [2.75, 3.05) is 13.2 Å². The first-order valence-electron chi connectivity index (χ1n) is 1.71. The predicted molar refractivity (Wildman–Crippen MR) is 38.4 cm³/mol. The Kier molecular flexibility index (Phi) is 8.09. The number of hydrogen-bond donors (Lipinski definition) is 1. The zero-order valence-electron chi connectivity index (χ0n) is 3.69. The molecule has 1 atom stereocenters. The molecule has 0 fully saturated rings. The van der Waals surface area contributed by atoms with Crippen LogP contribution in [0.4, 0.5) is 0 Å². The van der Waals surface area contributed by atoms with E-state index >= 15 is 0 Å². The monoisotopic (exact) mass is 235 g/mol. The molecule has 0 spiro atoms. The minimum absolute atomic E-state index is 0.482. The van der Waals surface area contributed by atoms with Gasteiger partial charge in [-0.25, -0.2) is 5.90 Å².